The summed E-state index contributed by atoms with van der Waals surface area (Å²) in [6.07, 6.45) is 0. The van der Waals surface area contributed by atoms with Gasteiger partial charge in [-0.25, -0.2) is 17.9 Å². The number of ether oxygens (including phenoxy) is 2. The Morgan fingerprint density at radius 2 is 1.92 bits per heavy atom. The van der Waals surface area contributed by atoms with Gasteiger partial charge in [0, 0.05) is 6.54 Å². The van der Waals surface area contributed by atoms with Gasteiger partial charge < -0.3 is 9.47 Å². The molecule has 0 saturated carbocycles. The molecule has 0 spiro atoms. The van der Waals surface area contributed by atoms with Gasteiger partial charge in [-0.2, -0.15) is 0 Å². The van der Waals surface area contributed by atoms with Crippen molar-refractivity contribution in [3.05, 3.63) is 59.1 Å². The minimum absolute atomic E-state index is 0.0249. The molecule has 8 heteroatoms. The third-order valence-corrected chi connectivity index (χ3v) is 4.82. The lowest BCUT2D eigenvalue weighted by Gasteiger charge is -2.10. The Morgan fingerprint density at radius 1 is 1.17 bits per heavy atom. The van der Waals surface area contributed by atoms with Crippen LogP contribution < -0.4 is 9.46 Å². The fourth-order valence-electron chi connectivity index (χ4n) is 1.89. The third kappa shape index (κ3) is 4.70. The van der Waals surface area contributed by atoms with Gasteiger partial charge in [-0.05, 0) is 30.3 Å². The number of esters is 1. The first-order chi connectivity index (χ1) is 11.4. The number of sulfonamides is 1. The normalized spacial score (nSPS) is 11.1. The maximum absolute atomic E-state index is 12.2. The van der Waals surface area contributed by atoms with E-state index in [4.69, 9.17) is 16.3 Å². The molecular weight excluding hydrogens is 354 g/mol. The predicted molar refractivity (Wildman–Crippen MR) is 89.9 cm³/mol. The highest BCUT2D eigenvalue weighted by Gasteiger charge is 2.16. The van der Waals surface area contributed by atoms with E-state index in [9.17, 15) is 13.2 Å². The van der Waals surface area contributed by atoms with Gasteiger partial charge in [0.25, 0.3) is 0 Å². The fourth-order valence-corrected chi connectivity index (χ4v) is 3.14. The molecule has 0 amide bonds. The molecule has 0 radical (unpaired) electrons. The Bertz CT molecular complexity index is 823. The summed E-state index contributed by atoms with van der Waals surface area (Å²) in [4.78, 5) is 11.4. The quantitative estimate of drug-likeness (QED) is 0.599. The molecule has 2 rings (SSSR count). The van der Waals surface area contributed by atoms with E-state index in [1.165, 1.54) is 31.4 Å². The number of benzene rings is 2. The van der Waals surface area contributed by atoms with Crippen LogP contribution in [-0.2, 0) is 14.8 Å². The van der Waals surface area contributed by atoms with Crippen LogP contribution in [0.25, 0.3) is 0 Å². The minimum atomic E-state index is -3.76. The SMILES string of the molecule is COC(=O)c1cccc(S(=O)(=O)NCCOc2ccccc2Cl)c1. The van der Waals surface area contributed by atoms with Gasteiger partial charge in [-0.1, -0.05) is 29.8 Å². The molecule has 24 heavy (non-hydrogen) atoms. The highest BCUT2D eigenvalue weighted by Crippen LogP contribution is 2.22. The first-order valence-corrected chi connectivity index (χ1v) is 8.85. The Labute approximate surface area is 145 Å². The summed E-state index contributed by atoms with van der Waals surface area (Å²) < 4.78 is 36.8. The molecule has 0 saturated heterocycles. The molecule has 6 nitrogen and oxygen atoms in total. The average molecular weight is 370 g/mol. The highest BCUT2D eigenvalue weighted by molar-refractivity contribution is 7.89. The predicted octanol–water partition coefficient (Wildman–Crippen LogP) is 2.48. The molecule has 0 unspecified atom stereocenters. The van der Waals surface area contributed by atoms with Gasteiger partial charge in [0.15, 0.2) is 0 Å². The number of methoxy groups -OCH3 is 1. The second-order valence-corrected chi connectivity index (χ2v) is 6.87. The highest BCUT2D eigenvalue weighted by atomic mass is 35.5. The second-order valence-electron chi connectivity index (χ2n) is 4.70. The van der Waals surface area contributed by atoms with Crippen molar-refractivity contribution >= 4 is 27.6 Å². The molecule has 0 aliphatic rings. The minimum Gasteiger partial charge on any atom is -0.491 e. The van der Waals surface area contributed by atoms with Crippen molar-refractivity contribution in [3.8, 4) is 5.75 Å². The summed E-state index contributed by atoms with van der Waals surface area (Å²) in [5.74, 6) is -0.125. The van der Waals surface area contributed by atoms with E-state index < -0.39 is 16.0 Å². The summed E-state index contributed by atoms with van der Waals surface area (Å²) in [6.45, 7) is 0.162. The zero-order valence-electron chi connectivity index (χ0n) is 12.9. The number of hydrogen-bond donors (Lipinski definition) is 1. The van der Waals surface area contributed by atoms with E-state index in [-0.39, 0.29) is 23.6 Å². The number of carbonyl (C=O) groups excluding carboxylic acids is 1. The summed E-state index contributed by atoms with van der Waals surface area (Å²) in [5.41, 5.74) is 0.160. The topological polar surface area (TPSA) is 81.7 Å². The number of halogens is 1. The zero-order chi connectivity index (χ0) is 17.6. The van der Waals surface area contributed by atoms with Crippen molar-refractivity contribution in [3.63, 3.8) is 0 Å². The number of hydrogen-bond acceptors (Lipinski definition) is 5. The van der Waals surface area contributed by atoms with Crippen LogP contribution in [0.3, 0.4) is 0 Å². The maximum atomic E-state index is 12.2. The van der Waals surface area contributed by atoms with Crippen LogP contribution in [0.5, 0.6) is 5.75 Å². The van der Waals surface area contributed by atoms with E-state index in [1.54, 1.807) is 24.3 Å². The molecule has 128 valence electrons. The summed E-state index contributed by atoms with van der Waals surface area (Å²) >= 11 is 5.94. The summed E-state index contributed by atoms with van der Waals surface area (Å²) in [7, 11) is -2.53. The van der Waals surface area contributed by atoms with E-state index in [1.807, 2.05) is 0 Å². The molecule has 0 aliphatic heterocycles. The monoisotopic (exact) mass is 369 g/mol. The smallest absolute Gasteiger partial charge is 0.337 e. The van der Waals surface area contributed by atoms with Crippen molar-refractivity contribution < 1.29 is 22.7 Å². The Morgan fingerprint density at radius 3 is 2.62 bits per heavy atom. The number of carbonyl (C=O) groups is 1. The first kappa shape index (κ1) is 18.3. The van der Waals surface area contributed by atoms with Gasteiger partial charge in [0.1, 0.15) is 12.4 Å². The van der Waals surface area contributed by atoms with E-state index >= 15 is 0 Å². The van der Waals surface area contributed by atoms with Crippen molar-refractivity contribution in [2.75, 3.05) is 20.3 Å². The van der Waals surface area contributed by atoms with Gasteiger partial charge in [0.2, 0.25) is 10.0 Å². The maximum Gasteiger partial charge on any atom is 0.337 e. The molecule has 0 heterocycles. The van der Waals surface area contributed by atoms with Crippen LogP contribution >= 0.6 is 11.6 Å². The molecule has 0 atom stereocenters. The lowest BCUT2D eigenvalue weighted by molar-refractivity contribution is 0.0600. The van der Waals surface area contributed by atoms with Crippen LogP contribution in [0.2, 0.25) is 5.02 Å². The standard InChI is InChI=1S/C16H16ClNO5S/c1-22-16(19)12-5-4-6-13(11-12)24(20,21)18-9-10-23-15-8-3-2-7-14(15)17/h2-8,11,18H,9-10H2,1H3. The molecule has 0 fully saturated rings. The van der Waals surface area contributed by atoms with E-state index in [0.717, 1.165) is 0 Å². The zero-order valence-corrected chi connectivity index (χ0v) is 14.4. The van der Waals surface area contributed by atoms with E-state index in [2.05, 4.69) is 9.46 Å². The van der Waals surface area contributed by atoms with Crippen LogP contribution in [0, 0.1) is 0 Å². The largest absolute Gasteiger partial charge is 0.491 e. The molecule has 1 N–H and O–H groups in total. The van der Waals surface area contributed by atoms with Crippen molar-refractivity contribution in [1.29, 1.82) is 0 Å². The third-order valence-electron chi connectivity index (χ3n) is 3.05. The number of rotatable bonds is 7. The molecular formula is C16H16ClNO5S. The first-order valence-electron chi connectivity index (χ1n) is 6.99. The lowest BCUT2D eigenvalue weighted by atomic mass is 10.2. The lowest BCUT2D eigenvalue weighted by Crippen LogP contribution is -2.28. The van der Waals surface area contributed by atoms with Gasteiger partial charge in [-0.15, -0.1) is 0 Å². The Balaban J connectivity index is 1.96. The van der Waals surface area contributed by atoms with Crippen molar-refractivity contribution in [2.24, 2.45) is 0 Å². The Hall–Kier alpha value is -2.09. The fraction of sp³-hybridized carbons (Fsp3) is 0.188. The van der Waals surface area contributed by atoms with Crippen LogP contribution in [0.1, 0.15) is 10.4 Å². The summed E-state index contributed by atoms with van der Waals surface area (Å²) in [6, 6.07) is 12.5. The van der Waals surface area contributed by atoms with Gasteiger partial charge in [0.05, 0.1) is 22.6 Å². The second kappa shape index (κ2) is 8.14. The van der Waals surface area contributed by atoms with Crippen molar-refractivity contribution in [2.45, 2.75) is 4.90 Å². The summed E-state index contributed by atoms with van der Waals surface area (Å²) in [5, 5.41) is 0.450. The molecule has 2 aromatic carbocycles. The van der Waals surface area contributed by atoms with E-state index in [0.29, 0.717) is 10.8 Å². The van der Waals surface area contributed by atoms with Gasteiger partial charge >= 0.3 is 5.97 Å². The molecule has 0 aliphatic carbocycles. The number of nitrogens with one attached hydrogen (secondary N) is 1. The van der Waals surface area contributed by atoms with Crippen LogP contribution in [0.15, 0.2) is 53.4 Å². The van der Waals surface area contributed by atoms with Crippen LogP contribution in [0.4, 0.5) is 0 Å². The number of para-hydroxylation sites is 1. The van der Waals surface area contributed by atoms with Crippen molar-refractivity contribution in [1.82, 2.24) is 4.72 Å². The van der Waals surface area contributed by atoms with Crippen LogP contribution in [-0.4, -0.2) is 34.6 Å². The Kier molecular flexibility index (Phi) is 6.19. The van der Waals surface area contributed by atoms with Gasteiger partial charge in [-0.3, -0.25) is 0 Å². The molecule has 0 bridgehead atoms. The molecule has 2 aromatic rings. The molecule has 0 aromatic heterocycles. The average Bonchev–Trinajstić information content (AvgIpc) is 2.59.